The fraction of sp³-hybridized carbons (Fsp3) is 0.727. The van der Waals surface area contributed by atoms with Crippen LogP contribution in [0.15, 0.2) is 4.79 Å². The number of fused-ring (bicyclic) bond motifs is 1. The van der Waals surface area contributed by atoms with E-state index in [1.165, 1.54) is 18.5 Å². The van der Waals surface area contributed by atoms with Crippen molar-refractivity contribution in [1.29, 1.82) is 0 Å². The van der Waals surface area contributed by atoms with E-state index in [1.807, 2.05) is 11.8 Å². The maximum absolute atomic E-state index is 12.1. The molecule has 2 N–H and O–H groups in total. The monoisotopic (exact) mass is 239 g/mol. The molecule has 1 saturated heterocycles. The Morgan fingerprint density at radius 3 is 3.19 bits per heavy atom. The van der Waals surface area contributed by atoms with E-state index in [0.29, 0.717) is 6.04 Å². The summed E-state index contributed by atoms with van der Waals surface area (Å²) in [4.78, 5) is 12.1. The van der Waals surface area contributed by atoms with Crippen LogP contribution in [0, 0.1) is 0 Å². The smallest absolute Gasteiger partial charge is 0.270 e. The van der Waals surface area contributed by atoms with Crippen molar-refractivity contribution >= 4 is 11.8 Å². The molecule has 88 valence electrons. The molecule has 0 saturated carbocycles. The van der Waals surface area contributed by atoms with E-state index >= 15 is 0 Å². The highest BCUT2D eigenvalue weighted by atomic mass is 32.2. The Balaban J connectivity index is 1.84. The summed E-state index contributed by atoms with van der Waals surface area (Å²) in [6.45, 7) is 1.90. The topological polar surface area (TPSA) is 49.8 Å². The lowest BCUT2D eigenvalue weighted by molar-refractivity contribution is 0.465. The quantitative estimate of drug-likeness (QED) is 0.799. The van der Waals surface area contributed by atoms with Gasteiger partial charge in [-0.1, -0.05) is 0 Å². The van der Waals surface area contributed by atoms with Crippen LogP contribution in [-0.2, 0) is 18.7 Å². The maximum Gasteiger partial charge on any atom is 0.270 e. The molecular formula is C11H17N3OS. The average Bonchev–Trinajstić information content (AvgIpc) is 2.90. The van der Waals surface area contributed by atoms with Crippen molar-refractivity contribution in [2.24, 2.45) is 0 Å². The summed E-state index contributed by atoms with van der Waals surface area (Å²) in [6.07, 6.45) is 3.43. The van der Waals surface area contributed by atoms with E-state index in [9.17, 15) is 4.79 Å². The number of aromatic amines is 1. The van der Waals surface area contributed by atoms with Crippen molar-refractivity contribution < 1.29 is 0 Å². The molecule has 0 aliphatic carbocycles. The predicted molar refractivity (Wildman–Crippen MR) is 65.9 cm³/mol. The van der Waals surface area contributed by atoms with Crippen molar-refractivity contribution in [3.63, 3.8) is 0 Å². The van der Waals surface area contributed by atoms with E-state index in [-0.39, 0.29) is 5.56 Å². The Kier molecular flexibility index (Phi) is 2.81. The molecule has 0 aromatic carbocycles. The van der Waals surface area contributed by atoms with Crippen LogP contribution >= 0.6 is 11.8 Å². The van der Waals surface area contributed by atoms with Gasteiger partial charge in [0.05, 0.1) is 6.54 Å². The van der Waals surface area contributed by atoms with Gasteiger partial charge >= 0.3 is 0 Å². The molecule has 5 heteroatoms. The first-order chi connectivity index (χ1) is 7.84. The third-order valence-electron chi connectivity index (χ3n) is 3.45. The summed E-state index contributed by atoms with van der Waals surface area (Å²) in [6, 6.07) is 0.477. The number of thioether (sulfide) groups is 1. The summed E-state index contributed by atoms with van der Waals surface area (Å²) >= 11 is 1.86. The molecule has 0 spiro atoms. The summed E-state index contributed by atoms with van der Waals surface area (Å²) < 4.78 is 1.81. The van der Waals surface area contributed by atoms with Crippen molar-refractivity contribution in [1.82, 2.24) is 15.1 Å². The van der Waals surface area contributed by atoms with Crippen LogP contribution in [-0.4, -0.2) is 28.1 Å². The molecule has 0 bridgehead atoms. The molecule has 0 amide bonds. The van der Waals surface area contributed by atoms with Crippen LogP contribution in [0.4, 0.5) is 0 Å². The first-order valence-electron chi connectivity index (χ1n) is 5.96. The second-order valence-corrected chi connectivity index (χ2v) is 5.69. The second kappa shape index (κ2) is 4.30. The first kappa shape index (κ1) is 10.5. The van der Waals surface area contributed by atoms with Crippen LogP contribution in [0.5, 0.6) is 0 Å². The van der Waals surface area contributed by atoms with Gasteiger partial charge in [-0.05, 0) is 31.6 Å². The molecule has 3 rings (SSSR count). The summed E-state index contributed by atoms with van der Waals surface area (Å²) in [7, 11) is 0. The van der Waals surface area contributed by atoms with E-state index in [0.717, 1.165) is 36.6 Å². The molecule has 2 aliphatic rings. The van der Waals surface area contributed by atoms with Gasteiger partial charge in [-0.25, -0.2) is 0 Å². The fourth-order valence-corrected chi connectivity index (χ4v) is 3.53. The van der Waals surface area contributed by atoms with E-state index in [1.54, 1.807) is 4.68 Å². The molecule has 2 aliphatic heterocycles. The minimum Gasteiger partial charge on any atom is -0.312 e. The number of H-pyrrole nitrogens is 1. The van der Waals surface area contributed by atoms with Crippen LogP contribution < -0.4 is 10.9 Å². The van der Waals surface area contributed by atoms with Gasteiger partial charge < -0.3 is 5.32 Å². The summed E-state index contributed by atoms with van der Waals surface area (Å²) in [5, 5.41) is 6.71. The summed E-state index contributed by atoms with van der Waals surface area (Å²) in [5.41, 5.74) is 2.38. The van der Waals surface area contributed by atoms with E-state index < -0.39 is 0 Å². The first-order valence-corrected chi connectivity index (χ1v) is 7.12. The number of aryl methyl sites for hydroxylation is 1. The molecule has 1 unspecified atom stereocenters. The molecule has 1 fully saturated rings. The van der Waals surface area contributed by atoms with Crippen molar-refractivity contribution in [2.45, 2.75) is 37.6 Å². The van der Waals surface area contributed by atoms with Crippen LogP contribution in [0.1, 0.15) is 24.1 Å². The van der Waals surface area contributed by atoms with Gasteiger partial charge in [0.2, 0.25) is 0 Å². The molecule has 1 aromatic heterocycles. The Bertz CT molecular complexity index is 431. The molecule has 0 radical (unpaired) electrons. The van der Waals surface area contributed by atoms with Gasteiger partial charge in [-0.15, -0.1) is 0 Å². The average molecular weight is 239 g/mol. The van der Waals surface area contributed by atoms with Crippen LogP contribution in [0.25, 0.3) is 0 Å². The second-order valence-electron chi connectivity index (χ2n) is 4.58. The largest absolute Gasteiger partial charge is 0.312 e. The Hall–Kier alpha value is -0.680. The minimum atomic E-state index is 0.205. The van der Waals surface area contributed by atoms with E-state index in [2.05, 4.69) is 10.4 Å². The minimum absolute atomic E-state index is 0.205. The zero-order valence-electron chi connectivity index (χ0n) is 9.29. The number of aromatic nitrogens is 2. The van der Waals surface area contributed by atoms with Gasteiger partial charge in [0.25, 0.3) is 5.56 Å². The van der Waals surface area contributed by atoms with Crippen molar-refractivity contribution in [3.8, 4) is 0 Å². The highest BCUT2D eigenvalue weighted by Crippen LogP contribution is 2.20. The van der Waals surface area contributed by atoms with Gasteiger partial charge in [0.1, 0.15) is 0 Å². The van der Waals surface area contributed by atoms with Gasteiger partial charge in [-0.2, -0.15) is 11.8 Å². The molecule has 4 nitrogen and oxygen atoms in total. The third kappa shape index (κ3) is 1.82. The number of hydrogen-bond donors (Lipinski definition) is 2. The third-order valence-corrected chi connectivity index (χ3v) is 4.43. The molecule has 3 heterocycles. The van der Waals surface area contributed by atoms with Gasteiger partial charge in [-0.3, -0.25) is 14.6 Å². The van der Waals surface area contributed by atoms with Crippen LogP contribution in [0.3, 0.4) is 0 Å². The maximum atomic E-state index is 12.1. The van der Waals surface area contributed by atoms with Crippen molar-refractivity contribution in [3.05, 3.63) is 21.6 Å². The molecule has 1 aromatic rings. The standard InChI is InChI=1S/C11H17N3OS/c15-11-9-7-16-5-3-10(9)13-14(11)6-8-2-1-4-12-8/h8,12-13H,1-7H2. The highest BCUT2D eigenvalue weighted by molar-refractivity contribution is 7.98. The van der Waals surface area contributed by atoms with Crippen LogP contribution in [0.2, 0.25) is 0 Å². The highest BCUT2D eigenvalue weighted by Gasteiger charge is 2.20. The lowest BCUT2D eigenvalue weighted by Crippen LogP contribution is -2.31. The number of nitrogens with zero attached hydrogens (tertiary/aromatic N) is 1. The van der Waals surface area contributed by atoms with Gasteiger partial charge in [0, 0.05) is 23.1 Å². The Morgan fingerprint density at radius 2 is 2.44 bits per heavy atom. The molecular weight excluding hydrogens is 222 g/mol. The normalized spacial score (nSPS) is 24.6. The van der Waals surface area contributed by atoms with Crippen molar-refractivity contribution in [2.75, 3.05) is 12.3 Å². The lowest BCUT2D eigenvalue weighted by Gasteiger charge is -2.09. The molecule has 16 heavy (non-hydrogen) atoms. The number of nitrogens with one attached hydrogen (secondary N) is 2. The number of rotatable bonds is 2. The Labute approximate surface area is 98.8 Å². The van der Waals surface area contributed by atoms with Gasteiger partial charge in [0.15, 0.2) is 0 Å². The van der Waals surface area contributed by atoms with E-state index in [4.69, 9.17) is 0 Å². The predicted octanol–water partition coefficient (Wildman–Crippen LogP) is 0.718. The zero-order valence-corrected chi connectivity index (χ0v) is 10.1. The summed E-state index contributed by atoms with van der Waals surface area (Å²) in [5.74, 6) is 2.02. The molecule has 1 atom stereocenters. The SMILES string of the molecule is O=c1c2c([nH]n1CC1CCCN1)CCSC2. The zero-order chi connectivity index (χ0) is 11.0. The fourth-order valence-electron chi connectivity index (χ4n) is 2.54. The lowest BCUT2D eigenvalue weighted by atomic mass is 10.2. The Morgan fingerprint density at radius 1 is 1.50 bits per heavy atom. The number of hydrogen-bond acceptors (Lipinski definition) is 3.